The summed E-state index contributed by atoms with van der Waals surface area (Å²) >= 11 is 0. The van der Waals surface area contributed by atoms with Gasteiger partial charge in [-0.3, -0.25) is 4.68 Å². The molecule has 0 aliphatic heterocycles. The van der Waals surface area contributed by atoms with E-state index in [1.807, 2.05) is 42.9 Å². The Bertz CT molecular complexity index is 747. The van der Waals surface area contributed by atoms with E-state index in [4.69, 9.17) is 0 Å². The van der Waals surface area contributed by atoms with Gasteiger partial charge >= 0.3 is 5.69 Å². The Kier molecular flexibility index (Phi) is 1.95. The fourth-order valence-corrected chi connectivity index (χ4v) is 2.07. The number of fused-ring (bicyclic) bond motifs is 1. The third-order valence-corrected chi connectivity index (χ3v) is 2.81. The molecule has 0 saturated heterocycles. The summed E-state index contributed by atoms with van der Waals surface area (Å²) < 4.78 is 1.83. The summed E-state index contributed by atoms with van der Waals surface area (Å²) in [6, 6.07) is 7.84. The van der Waals surface area contributed by atoms with Crippen LogP contribution in [0.1, 0.15) is 5.69 Å². The van der Waals surface area contributed by atoms with Gasteiger partial charge < -0.3 is 9.97 Å². The largest absolute Gasteiger partial charge is 0.323 e. The summed E-state index contributed by atoms with van der Waals surface area (Å²) in [5, 5.41) is 4.31. The molecule has 2 aromatic heterocycles. The zero-order chi connectivity index (χ0) is 12.0. The van der Waals surface area contributed by atoms with Crippen LogP contribution < -0.4 is 5.69 Å². The summed E-state index contributed by atoms with van der Waals surface area (Å²) in [5.41, 5.74) is 4.50. The Hall–Kier alpha value is -2.30. The highest BCUT2D eigenvalue weighted by molar-refractivity contribution is 5.80. The van der Waals surface area contributed by atoms with Crippen molar-refractivity contribution in [2.24, 2.45) is 7.05 Å². The summed E-state index contributed by atoms with van der Waals surface area (Å²) in [6.45, 7) is 1.96. The molecule has 0 saturated carbocycles. The Balaban J connectivity index is 2.23. The molecule has 17 heavy (non-hydrogen) atoms. The van der Waals surface area contributed by atoms with Gasteiger partial charge in [0.05, 0.1) is 22.4 Å². The number of aromatic amines is 2. The van der Waals surface area contributed by atoms with Crippen LogP contribution in [0.4, 0.5) is 0 Å². The average Bonchev–Trinajstić information content (AvgIpc) is 2.78. The summed E-state index contributed by atoms with van der Waals surface area (Å²) in [7, 11) is 1.91. The second-order valence-corrected chi connectivity index (χ2v) is 4.13. The average molecular weight is 228 g/mol. The SMILES string of the molecule is Cc1cc(-c2ccc3[nH]c(=O)[nH]c3c2)n(C)n1. The summed E-state index contributed by atoms with van der Waals surface area (Å²) in [6.07, 6.45) is 0. The van der Waals surface area contributed by atoms with Crippen molar-refractivity contribution in [3.63, 3.8) is 0 Å². The lowest BCUT2D eigenvalue weighted by atomic mass is 10.1. The van der Waals surface area contributed by atoms with Gasteiger partial charge in [0, 0.05) is 12.6 Å². The van der Waals surface area contributed by atoms with Crippen molar-refractivity contribution in [2.75, 3.05) is 0 Å². The maximum Gasteiger partial charge on any atom is 0.323 e. The van der Waals surface area contributed by atoms with Crippen LogP contribution in [0, 0.1) is 6.92 Å². The lowest BCUT2D eigenvalue weighted by Gasteiger charge is -2.01. The van der Waals surface area contributed by atoms with Gasteiger partial charge in [-0.2, -0.15) is 5.10 Å². The fraction of sp³-hybridized carbons (Fsp3) is 0.167. The minimum atomic E-state index is -0.182. The lowest BCUT2D eigenvalue weighted by molar-refractivity contribution is 0.764. The second kappa shape index (κ2) is 3.35. The van der Waals surface area contributed by atoms with Crippen LogP contribution in [0.2, 0.25) is 0 Å². The van der Waals surface area contributed by atoms with Crippen LogP contribution >= 0.6 is 0 Å². The van der Waals surface area contributed by atoms with E-state index >= 15 is 0 Å². The first kappa shape index (κ1) is 9.89. The number of hydrogen-bond donors (Lipinski definition) is 2. The quantitative estimate of drug-likeness (QED) is 0.663. The van der Waals surface area contributed by atoms with Crippen LogP contribution in [0.5, 0.6) is 0 Å². The summed E-state index contributed by atoms with van der Waals surface area (Å²) in [4.78, 5) is 16.7. The molecule has 86 valence electrons. The Labute approximate surface area is 97.1 Å². The number of hydrogen-bond acceptors (Lipinski definition) is 2. The van der Waals surface area contributed by atoms with E-state index in [9.17, 15) is 4.79 Å². The van der Waals surface area contributed by atoms with Crippen molar-refractivity contribution in [2.45, 2.75) is 6.92 Å². The molecular weight excluding hydrogens is 216 g/mol. The van der Waals surface area contributed by atoms with Crippen molar-refractivity contribution >= 4 is 11.0 Å². The van der Waals surface area contributed by atoms with Crippen LogP contribution in [0.3, 0.4) is 0 Å². The molecule has 0 radical (unpaired) electrons. The van der Waals surface area contributed by atoms with Gasteiger partial charge in [-0.25, -0.2) is 4.79 Å². The zero-order valence-electron chi connectivity index (χ0n) is 9.61. The van der Waals surface area contributed by atoms with E-state index in [1.54, 1.807) is 0 Å². The highest BCUT2D eigenvalue weighted by Crippen LogP contribution is 2.22. The van der Waals surface area contributed by atoms with Gasteiger partial charge in [0.25, 0.3) is 0 Å². The molecule has 0 atom stereocenters. The maximum atomic E-state index is 11.2. The first-order valence-electron chi connectivity index (χ1n) is 5.36. The number of aromatic nitrogens is 4. The van der Waals surface area contributed by atoms with Crippen LogP contribution in [-0.4, -0.2) is 19.7 Å². The summed E-state index contributed by atoms with van der Waals surface area (Å²) in [5.74, 6) is 0. The number of imidazole rings is 1. The molecule has 0 amide bonds. The number of benzene rings is 1. The van der Waals surface area contributed by atoms with Gasteiger partial charge in [0.15, 0.2) is 0 Å². The Morgan fingerprint density at radius 3 is 2.65 bits per heavy atom. The minimum absolute atomic E-state index is 0.182. The smallest absolute Gasteiger partial charge is 0.306 e. The molecule has 3 aromatic rings. The third-order valence-electron chi connectivity index (χ3n) is 2.81. The first-order valence-corrected chi connectivity index (χ1v) is 5.36. The topological polar surface area (TPSA) is 66.5 Å². The molecule has 0 aliphatic carbocycles. The molecular formula is C12H12N4O. The number of nitrogens with zero attached hydrogens (tertiary/aromatic N) is 2. The van der Waals surface area contributed by atoms with Crippen molar-refractivity contribution in [3.05, 3.63) is 40.4 Å². The first-order chi connectivity index (χ1) is 8.13. The van der Waals surface area contributed by atoms with Crippen molar-refractivity contribution in [1.82, 2.24) is 19.7 Å². The Morgan fingerprint density at radius 2 is 1.94 bits per heavy atom. The van der Waals surface area contributed by atoms with E-state index in [0.29, 0.717) is 0 Å². The number of rotatable bonds is 1. The van der Waals surface area contributed by atoms with Gasteiger partial charge in [0.1, 0.15) is 0 Å². The van der Waals surface area contributed by atoms with Gasteiger partial charge in [-0.05, 0) is 25.1 Å². The lowest BCUT2D eigenvalue weighted by Crippen LogP contribution is -1.99. The predicted octanol–water partition coefficient (Wildman–Crippen LogP) is 1.57. The third kappa shape index (κ3) is 1.56. The fourth-order valence-electron chi connectivity index (χ4n) is 2.07. The van der Waals surface area contributed by atoms with E-state index in [0.717, 1.165) is 28.0 Å². The standard InChI is InChI=1S/C12H12N4O/c1-7-5-11(16(2)15-7)8-3-4-9-10(6-8)14-12(17)13-9/h3-6H,1-2H3,(H2,13,14,17). The van der Waals surface area contributed by atoms with Crippen LogP contribution in [0.15, 0.2) is 29.1 Å². The molecule has 5 heteroatoms. The van der Waals surface area contributed by atoms with E-state index < -0.39 is 0 Å². The normalized spacial score (nSPS) is 11.2. The Morgan fingerprint density at radius 1 is 1.18 bits per heavy atom. The molecule has 1 aromatic carbocycles. The molecule has 0 aliphatic rings. The maximum absolute atomic E-state index is 11.2. The van der Waals surface area contributed by atoms with Crippen molar-refractivity contribution < 1.29 is 0 Å². The van der Waals surface area contributed by atoms with Gasteiger partial charge in [-0.1, -0.05) is 6.07 Å². The van der Waals surface area contributed by atoms with E-state index in [-0.39, 0.29) is 5.69 Å². The molecule has 2 N–H and O–H groups in total. The molecule has 0 unspecified atom stereocenters. The molecule has 3 rings (SSSR count). The number of aryl methyl sites for hydroxylation is 2. The van der Waals surface area contributed by atoms with Crippen molar-refractivity contribution in [1.29, 1.82) is 0 Å². The highest BCUT2D eigenvalue weighted by Gasteiger charge is 2.06. The number of nitrogens with one attached hydrogen (secondary N) is 2. The zero-order valence-corrected chi connectivity index (χ0v) is 9.61. The van der Waals surface area contributed by atoms with Gasteiger partial charge in [0.2, 0.25) is 0 Å². The molecule has 2 heterocycles. The monoisotopic (exact) mass is 228 g/mol. The van der Waals surface area contributed by atoms with Crippen molar-refractivity contribution in [3.8, 4) is 11.3 Å². The second-order valence-electron chi connectivity index (χ2n) is 4.13. The van der Waals surface area contributed by atoms with E-state index in [2.05, 4.69) is 15.1 Å². The van der Waals surface area contributed by atoms with Crippen LogP contribution in [-0.2, 0) is 7.05 Å². The molecule has 0 bridgehead atoms. The predicted molar refractivity (Wildman–Crippen MR) is 65.9 cm³/mol. The highest BCUT2D eigenvalue weighted by atomic mass is 16.1. The molecule has 0 spiro atoms. The molecule has 0 fully saturated rings. The minimum Gasteiger partial charge on any atom is -0.306 e. The molecule has 5 nitrogen and oxygen atoms in total. The van der Waals surface area contributed by atoms with E-state index in [1.165, 1.54) is 0 Å². The van der Waals surface area contributed by atoms with Crippen LogP contribution in [0.25, 0.3) is 22.3 Å². The van der Waals surface area contributed by atoms with Gasteiger partial charge in [-0.15, -0.1) is 0 Å². The number of H-pyrrole nitrogens is 2.